The lowest BCUT2D eigenvalue weighted by atomic mass is 10.1. The second-order valence-corrected chi connectivity index (χ2v) is 4.22. The van der Waals surface area contributed by atoms with Crippen LogP contribution in [0.2, 0.25) is 0 Å². The molecule has 0 heterocycles. The molecular formula is C13H18N2O4. The van der Waals surface area contributed by atoms with E-state index in [0.717, 1.165) is 5.56 Å². The molecule has 5 N–H and O–H groups in total. The van der Waals surface area contributed by atoms with E-state index in [1.165, 1.54) is 12.1 Å². The Bertz CT molecular complexity index is 431. The van der Waals surface area contributed by atoms with Crippen molar-refractivity contribution in [2.75, 3.05) is 6.54 Å². The first-order valence-corrected chi connectivity index (χ1v) is 6.03. The van der Waals surface area contributed by atoms with Crippen molar-refractivity contribution >= 4 is 11.9 Å². The van der Waals surface area contributed by atoms with Crippen LogP contribution < -0.4 is 11.1 Å². The van der Waals surface area contributed by atoms with Gasteiger partial charge in [-0.1, -0.05) is 12.1 Å². The van der Waals surface area contributed by atoms with Crippen molar-refractivity contribution in [1.29, 1.82) is 0 Å². The van der Waals surface area contributed by atoms with E-state index in [1.807, 2.05) is 0 Å². The molecule has 0 saturated heterocycles. The highest BCUT2D eigenvalue weighted by Crippen LogP contribution is 2.11. The highest BCUT2D eigenvalue weighted by molar-refractivity contribution is 5.83. The Morgan fingerprint density at radius 1 is 1.26 bits per heavy atom. The number of hydrogen-bond acceptors (Lipinski definition) is 4. The minimum Gasteiger partial charge on any atom is -0.508 e. The summed E-state index contributed by atoms with van der Waals surface area (Å²) in [5.74, 6) is -1.30. The number of benzene rings is 1. The highest BCUT2D eigenvalue weighted by atomic mass is 16.4. The third kappa shape index (κ3) is 5.39. The van der Waals surface area contributed by atoms with Gasteiger partial charge in [0.25, 0.3) is 0 Å². The molecule has 1 atom stereocenters. The normalized spacial score (nSPS) is 11.8. The molecule has 6 heteroatoms. The maximum absolute atomic E-state index is 11.5. The Morgan fingerprint density at radius 3 is 2.42 bits per heavy atom. The van der Waals surface area contributed by atoms with Crippen LogP contribution in [0, 0.1) is 0 Å². The standard InChI is InChI=1S/C13H18N2O4/c14-7-1-2-12(17)15-11(13(18)19)8-9-3-5-10(16)6-4-9/h3-6,11,16H,1-2,7-8,14H2,(H,15,17)(H,18,19)/t11-/m1/s1. The van der Waals surface area contributed by atoms with Gasteiger partial charge in [-0.3, -0.25) is 4.79 Å². The van der Waals surface area contributed by atoms with Crippen LogP contribution in [0.3, 0.4) is 0 Å². The average Bonchev–Trinajstić information content (AvgIpc) is 2.38. The number of phenols is 1. The number of nitrogens with two attached hydrogens (primary N) is 1. The summed E-state index contributed by atoms with van der Waals surface area (Å²) >= 11 is 0. The quantitative estimate of drug-likeness (QED) is 0.565. The van der Waals surface area contributed by atoms with Gasteiger partial charge in [0.15, 0.2) is 0 Å². The van der Waals surface area contributed by atoms with Crippen molar-refractivity contribution in [1.82, 2.24) is 5.32 Å². The van der Waals surface area contributed by atoms with Crippen molar-refractivity contribution in [3.05, 3.63) is 29.8 Å². The first-order chi connectivity index (χ1) is 9.02. The van der Waals surface area contributed by atoms with Gasteiger partial charge in [0, 0.05) is 12.8 Å². The molecule has 1 rings (SSSR count). The van der Waals surface area contributed by atoms with Crippen LogP contribution >= 0.6 is 0 Å². The Kier molecular flexibility index (Phi) is 5.81. The summed E-state index contributed by atoms with van der Waals surface area (Å²) in [6.07, 6.45) is 0.914. The third-order valence-corrected chi connectivity index (χ3v) is 2.62. The number of amides is 1. The molecule has 0 radical (unpaired) electrons. The zero-order valence-electron chi connectivity index (χ0n) is 10.5. The van der Waals surface area contributed by atoms with Gasteiger partial charge in [-0.2, -0.15) is 0 Å². The second-order valence-electron chi connectivity index (χ2n) is 4.22. The fourth-order valence-electron chi connectivity index (χ4n) is 1.60. The van der Waals surface area contributed by atoms with Crippen LogP contribution in [0.5, 0.6) is 5.75 Å². The van der Waals surface area contributed by atoms with E-state index in [2.05, 4.69) is 5.32 Å². The Morgan fingerprint density at radius 2 is 1.89 bits per heavy atom. The number of hydrogen-bond donors (Lipinski definition) is 4. The number of aromatic hydroxyl groups is 1. The zero-order valence-corrected chi connectivity index (χ0v) is 10.5. The topological polar surface area (TPSA) is 113 Å². The molecule has 0 aliphatic heterocycles. The first kappa shape index (κ1) is 15.0. The van der Waals surface area contributed by atoms with Crippen molar-refractivity contribution in [2.24, 2.45) is 5.73 Å². The molecule has 0 saturated carbocycles. The predicted octanol–water partition coefficient (Wildman–Crippen LogP) is 0.243. The van der Waals surface area contributed by atoms with E-state index < -0.39 is 12.0 Å². The molecule has 19 heavy (non-hydrogen) atoms. The van der Waals surface area contributed by atoms with E-state index in [0.29, 0.717) is 13.0 Å². The lowest BCUT2D eigenvalue weighted by Gasteiger charge is -2.14. The Labute approximate surface area is 111 Å². The lowest BCUT2D eigenvalue weighted by Crippen LogP contribution is -2.42. The first-order valence-electron chi connectivity index (χ1n) is 6.03. The van der Waals surface area contributed by atoms with Crippen molar-refractivity contribution < 1.29 is 19.8 Å². The maximum atomic E-state index is 11.5. The minimum atomic E-state index is -1.09. The summed E-state index contributed by atoms with van der Waals surface area (Å²) in [6.45, 7) is 0.392. The molecule has 0 aliphatic rings. The molecule has 0 aromatic heterocycles. The molecule has 0 aliphatic carbocycles. The monoisotopic (exact) mass is 266 g/mol. The number of carboxylic acid groups (broad SMARTS) is 1. The Hall–Kier alpha value is -2.08. The molecule has 1 amide bonds. The average molecular weight is 266 g/mol. The summed E-state index contributed by atoms with van der Waals surface area (Å²) in [5.41, 5.74) is 6.01. The summed E-state index contributed by atoms with van der Waals surface area (Å²) < 4.78 is 0. The zero-order chi connectivity index (χ0) is 14.3. The highest BCUT2D eigenvalue weighted by Gasteiger charge is 2.19. The van der Waals surface area contributed by atoms with E-state index in [4.69, 9.17) is 15.9 Å². The molecule has 1 aromatic carbocycles. The largest absolute Gasteiger partial charge is 0.508 e. The van der Waals surface area contributed by atoms with E-state index in [9.17, 15) is 9.59 Å². The van der Waals surface area contributed by atoms with Gasteiger partial charge < -0.3 is 21.3 Å². The van der Waals surface area contributed by atoms with Crippen LogP contribution in [0.4, 0.5) is 0 Å². The molecule has 0 fully saturated rings. The lowest BCUT2D eigenvalue weighted by molar-refractivity contribution is -0.141. The fraction of sp³-hybridized carbons (Fsp3) is 0.385. The minimum absolute atomic E-state index is 0.114. The van der Waals surface area contributed by atoms with Crippen molar-refractivity contribution in [3.8, 4) is 5.75 Å². The van der Waals surface area contributed by atoms with Gasteiger partial charge in [-0.15, -0.1) is 0 Å². The van der Waals surface area contributed by atoms with Gasteiger partial charge in [-0.25, -0.2) is 4.79 Å². The van der Waals surface area contributed by atoms with E-state index >= 15 is 0 Å². The van der Waals surface area contributed by atoms with Crippen LogP contribution in [-0.2, 0) is 16.0 Å². The Balaban J connectivity index is 2.60. The third-order valence-electron chi connectivity index (χ3n) is 2.62. The van der Waals surface area contributed by atoms with Crippen LogP contribution in [-0.4, -0.2) is 34.7 Å². The van der Waals surface area contributed by atoms with Crippen LogP contribution in [0.1, 0.15) is 18.4 Å². The molecule has 104 valence electrons. The fourth-order valence-corrected chi connectivity index (χ4v) is 1.60. The molecule has 6 nitrogen and oxygen atoms in total. The van der Waals surface area contributed by atoms with E-state index in [1.54, 1.807) is 12.1 Å². The molecule has 0 spiro atoms. The smallest absolute Gasteiger partial charge is 0.326 e. The van der Waals surface area contributed by atoms with Gasteiger partial charge in [-0.05, 0) is 30.7 Å². The van der Waals surface area contributed by atoms with Crippen LogP contribution in [0.15, 0.2) is 24.3 Å². The molecule has 1 aromatic rings. The molecular weight excluding hydrogens is 248 g/mol. The summed E-state index contributed by atoms with van der Waals surface area (Å²) in [5, 5.41) is 20.7. The van der Waals surface area contributed by atoms with Crippen molar-refractivity contribution in [2.45, 2.75) is 25.3 Å². The van der Waals surface area contributed by atoms with Gasteiger partial charge in [0.2, 0.25) is 5.91 Å². The number of carboxylic acids is 1. The van der Waals surface area contributed by atoms with E-state index in [-0.39, 0.29) is 24.5 Å². The van der Waals surface area contributed by atoms with Gasteiger partial charge in [0.1, 0.15) is 11.8 Å². The second kappa shape index (κ2) is 7.38. The van der Waals surface area contributed by atoms with Crippen LogP contribution in [0.25, 0.3) is 0 Å². The van der Waals surface area contributed by atoms with Crippen molar-refractivity contribution in [3.63, 3.8) is 0 Å². The number of nitrogens with one attached hydrogen (secondary N) is 1. The number of rotatable bonds is 7. The molecule has 0 unspecified atom stereocenters. The number of carbonyl (C=O) groups excluding carboxylic acids is 1. The van der Waals surface area contributed by atoms with Gasteiger partial charge in [0.05, 0.1) is 0 Å². The maximum Gasteiger partial charge on any atom is 0.326 e. The summed E-state index contributed by atoms with van der Waals surface area (Å²) in [7, 11) is 0. The predicted molar refractivity (Wildman–Crippen MR) is 69.7 cm³/mol. The number of phenolic OH excluding ortho intramolecular Hbond substituents is 1. The number of aliphatic carboxylic acids is 1. The summed E-state index contributed by atoms with van der Waals surface area (Å²) in [4.78, 5) is 22.6. The SMILES string of the molecule is NCCCC(=O)N[C@H](Cc1ccc(O)cc1)C(=O)O. The van der Waals surface area contributed by atoms with Gasteiger partial charge >= 0.3 is 5.97 Å². The molecule has 0 bridgehead atoms. The number of carbonyl (C=O) groups is 2. The summed E-state index contributed by atoms with van der Waals surface area (Å²) in [6, 6.07) is 5.22.